The Hall–Kier alpha value is -4.59. The maximum atomic E-state index is 12.5. The van der Waals surface area contributed by atoms with E-state index >= 15 is 0 Å². The van der Waals surface area contributed by atoms with Gasteiger partial charge in [-0.2, -0.15) is 4.99 Å². The molecule has 8 heteroatoms. The molecule has 0 radical (unpaired) electrons. The lowest BCUT2D eigenvalue weighted by Crippen LogP contribution is -2.36. The second-order valence-corrected chi connectivity index (χ2v) is 9.61. The van der Waals surface area contributed by atoms with Gasteiger partial charge in [-0.3, -0.25) is 4.79 Å². The first-order valence-corrected chi connectivity index (χ1v) is 12.8. The van der Waals surface area contributed by atoms with Gasteiger partial charge in [-0.05, 0) is 53.5 Å². The average Bonchev–Trinajstić information content (AvgIpc) is 3.19. The van der Waals surface area contributed by atoms with Crippen LogP contribution in [0.2, 0.25) is 0 Å². The topological polar surface area (TPSA) is 91.7 Å². The quantitative estimate of drug-likeness (QED) is 0.405. The molecule has 39 heavy (non-hydrogen) atoms. The van der Waals surface area contributed by atoms with Crippen LogP contribution in [0.25, 0.3) is 6.08 Å². The van der Waals surface area contributed by atoms with Gasteiger partial charge in [0.15, 0.2) is 0 Å². The number of methoxy groups -OCH3 is 1. The second-order valence-electron chi connectivity index (χ2n) is 9.61. The molecular formula is C31H33N3O5. The highest BCUT2D eigenvalue weighted by molar-refractivity contribution is 6.04. The van der Waals surface area contributed by atoms with Gasteiger partial charge in [0.05, 0.1) is 18.8 Å². The molecule has 3 aromatic rings. The van der Waals surface area contributed by atoms with Gasteiger partial charge in [-0.15, -0.1) is 0 Å². The number of carbonyl (C=O) groups excluding carboxylic acids is 1. The number of nitrogens with zero attached hydrogens (tertiary/aromatic N) is 3. The van der Waals surface area contributed by atoms with E-state index in [0.717, 1.165) is 27.3 Å². The number of hydrogen-bond acceptors (Lipinski definition) is 4. The van der Waals surface area contributed by atoms with Crippen molar-refractivity contribution in [3.05, 3.63) is 101 Å². The molecule has 3 aromatic carbocycles. The van der Waals surface area contributed by atoms with E-state index in [1.807, 2.05) is 84.9 Å². The number of guanidine groups is 1. The number of carboxylic acid groups (broad SMARTS) is 1. The van der Waals surface area contributed by atoms with Crippen molar-refractivity contribution in [1.82, 2.24) is 9.80 Å². The third kappa shape index (κ3) is 6.65. The SMILES string of the molecule is COc1ccc(C=C2C(Cc3ccc(OCc4ccccc4)cc3)N(C)C(=NC(=O)C(C)C)N2C(=O)O)cc1. The lowest BCUT2D eigenvalue weighted by atomic mass is 10.0. The number of hydrogen-bond donors (Lipinski definition) is 1. The van der Waals surface area contributed by atoms with Crippen molar-refractivity contribution in [1.29, 1.82) is 0 Å². The van der Waals surface area contributed by atoms with Crippen LogP contribution in [0.4, 0.5) is 4.79 Å². The van der Waals surface area contributed by atoms with Gasteiger partial charge < -0.3 is 19.5 Å². The van der Waals surface area contributed by atoms with Crippen LogP contribution in [0.3, 0.4) is 0 Å². The Labute approximate surface area is 228 Å². The normalized spacial score (nSPS) is 17.2. The summed E-state index contributed by atoms with van der Waals surface area (Å²) < 4.78 is 11.2. The zero-order chi connectivity index (χ0) is 27.9. The first-order valence-electron chi connectivity index (χ1n) is 12.8. The molecule has 1 unspecified atom stereocenters. The van der Waals surface area contributed by atoms with Crippen molar-refractivity contribution in [2.75, 3.05) is 14.2 Å². The van der Waals surface area contributed by atoms with Crippen LogP contribution in [0.1, 0.15) is 30.5 Å². The maximum absolute atomic E-state index is 12.5. The Bertz CT molecular complexity index is 1350. The molecule has 1 aliphatic rings. The summed E-state index contributed by atoms with van der Waals surface area (Å²) in [4.78, 5) is 32.1. The maximum Gasteiger partial charge on any atom is 0.418 e. The van der Waals surface area contributed by atoms with Crippen LogP contribution in [0.15, 0.2) is 89.6 Å². The summed E-state index contributed by atoms with van der Waals surface area (Å²) in [5, 5.41) is 10.2. The number of likely N-dealkylation sites (N-methyl/N-ethyl adjacent to an activating group) is 1. The van der Waals surface area contributed by atoms with Gasteiger partial charge in [-0.1, -0.05) is 68.4 Å². The molecule has 8 nitrogen and oxygen atoms in total. The summed E-state index contributed by atoms with van der Waals surface area (Å²) in [5.41, 5.74) is 3.38. The fourth-order valence-corrected chi connectivity index (χ4v) is 4.27. The molecule has 202 valence electrons. The van der Waals surface area contributed by atoms with E-state index in [-0.39, 0.29) is 23.8 Å². The first-order chi connectivity index (χ1) is 18.8. The third-order valence-electron chi connectivity index (χ3n) is 6.51. The molecule has 0 aromatic heterocycles. The predicted octanol–water partition coefficient (Wildman–Crippen LogP) is 5.69. The molecule has 1 fully saturated rings. The number of benzene rings is 3. The molecule has 1 aliphatic heterocycles. The molecule has 4 rings (SSSR count). The fourth-order valence-electron chi connectivity index (χ4n) is 4.27. The van der Waals surface area contributed by atoms with Gasteiger partial charge in [0, 0.05) is 13.0 Å². The predicted molar refractivity (Wildman–Crippen MR) is 151 cm³/mol. The van der Waals surface area contributed by atoms with Gasteiger partial charge >= 0.3 is 6.09 Å². The van der Waals surface area contributed by atoms with Crippen LogP contribution in [-0.2, 0) is 17.8 Å². The Balaban J connectivity index is 1.64. The molecule has 1 atom stereocenters. The van der Waals surface area contributed by atoms with Crippen molar-refractivity contribution in [2.24, 2.45) is 10.9 Å². The first kappa shape index (κ1) is 27.4. The summed E-state index contributed by atoms with van der Waals surface area (Å²) >= 11 is 0. The average molecular weight is 528 g/mol. The highest BCUT2D eigenvalue weighted by Gasteiger charge is 2.42. The molecule has 1 N–H and O–H groups in total. The number of carbonyl (C=O) groups is 2. The monoisotopic (exact) mass is 527 g/mol. The van der Waals surface area contributed by atoms with Crippen molar-refractivity contribution in [3.8, 4) is 11.5 Å². The Morgan fingerprint density at radius 2 is 1.59 bits per heavy atom. The summed E-state index contributed by atoms with van der Waals surface area (Å²) in [6.07, 6.45) is 1.11. The van der Waals surface area contributed by atoms with Crippen LogP contribution in [-0.4, -0.2) is 53.1 Å². The van der Waals surface area contributed by atoms with Crippen LogP contribution >= 0.6 is 0 Å². The number of rotatable bonds is 8. The van der Waals surface area contributed by atoms with E-state index in [9.17, 15) is 14.7 Å². The molecule has 1 heterocycles. The number of amides is 2. The molecule has 0 spiro atoms. The smallest absolute Gasteiger partial charge is 0.418 e. The van der Waals surface area contributed by atoms with Crippen molar-refractivity contribution in [3.63, 3.8) is 0 Å². The highest BCUT2D eigenvalue weighted by Crippen LogP contribution is 2.31. The van der Waals surface area contributed by atoms with Crippen LogP contribution in [0.5, 0.6) is 11.5 Å². The van der Waals surface area contributed by atoms with Gasteiger partial charge in [0.1, 0.15) is 18.1 Å². The minimum Gasteiger partial charge on any atom is -0.497 e. The Morgan fingerprint density at radius 3 is 2.18 bits per heavy atom. The van der Waals surface area contributed by atoms with E-state index < -0.39 is 6.09 Å². The standard InChI is InChI=1S/C31H33N3O5/c1-21(2)29(35)32-30-33(3)27(28(34(30)31(36)37)19-23-10-14-25(38-4)15-11-23)18-22-12-16-26(17-13-22)39-20-24-8-6-5-7-9-24/h5-17,19,21,27H,18,20H2,1-4H3,(H,36,37). The molecule has 1 saturated heterocycles. The zero-order valence-corrected chi connectivity index (χ0v) is 22.6. The summed E-state index contributed by atoms with van der Waals surface area (Å²) in [6.45, 7) is 3.94. The van der Waals surface area contributed by atoms with Gasteiger partial charge in [0.25, 0.3) is 5.91 Å². The largest absolute Gasteiger partial charge is 0.497 e. The van der Waals surface area contributed by atoms with Gasteiger partial charge in [0.2, 0.25) is 5.96 Å². The summed E-state index contributed by atoms with van der Waals surface area (Å²) in [7, 11) is 3.35. The van der Waals surface area contributed by atoms with Crippen molar-refractivity contribution >= 4 is 24.0 Å². The van der Waals surface area contributed by atoms with Crippen molar-refractivity contribution in [2.45, 2.75) is 32.9 Å². The Kier molecular flexibility index (Phi) is 8.66. The van der Waals surface area contributed by atoms with Crippen LogP contribution in [0, 0.1) is 5.92 Å². The van der Waals surface area contributed by atoms with E-state index in [1.54, 1.807) is 32.9 Å². The fraction of sp³-hybridized carbons (Fsp3) is 0.258. The van der Waals surface area contributed by atoms with E-state index in [4.69, 9.17) is 9.47 Å². The highest BCUT2D eigenvalue weighted by atomic mass is 16.5. The van der Waals surface area contributed by atoms with E-state index in [1.165, 1.54) is 0 Å². The van der Waals surface area contributed by atoms with Crippen molar-refractivity contribution < 1.29 is 24.2 Å². The number of ether oxygens (including phenoxy) is 2. The van der Waals surface area contributed by atoms with Gasteiger partial charge in [-0.25, -0.2) is 9.69 Å². The third-order valence-corrected chi connectivity index (χ3v) is 6.51. The molecule has 0 aliphatic carbocycles. The summed E-state index contributed by atoms with van der Waals surface area (Å²) in [6, 6.07) is 24.7. The van der Waals surface area contributed by atoms with E-state index in [0.29, 0.717) is 24.5 Å². The molecule has 0 bridgehead atoms. The van der Waals surface area contributed by atoms with Crippen LogP contribution < -0.4 is 9.47 Å². The molecule has 2 amide bonds. The minimum atomic E-state index is -1.20. The second kappa shape index (κ2) is 12.3. The summed E-state index contributed by atoms with van der Waals surface area (Å²) in [5.74, 6) is 0.791. The minimum absolute atomic E-state index is 0.0915. The number of aliphatic imine (C=N–C) groups is 1. The van der Waals surface area contributed by atoms with E-state index in [2.05, 4.69) is 4.99 Å². The lowest BCUT2D eigenvalue weighted by molar-refractivity contribution is -0.120. The lowest BCUT2D eigenvalue weighted by Gasteiger charge is -2.20. The Morgan fingerprint density at radius 1 is 0.949 bits per heavy atom. The zero-order valence-electron chi connectivity index (χ0n) is 22.6. The molecular weight excluding hydrogens is 494 g/mol. The molecule has 0 saturated carbocycles.